The van der Waals surface area contributed by atoms with Crippen molar-refractivity contribution in [2.75, 3.05) is 7.11 Å². The Morgan fingerprint density at radius 1 is 1.47 bits per heavy atom. The molecule has 92 valence electrons. The molecule has 0 unspecified atom stereocenters. The minimum absolute atomic E-state index is 0.0475. The van der Waals surface area contributed by atoms with Crippen molar-refractivity contribution in [1.29, 1.82) is 0 Å². The number of carbonyl (C=O) groups is 1. The molecule has 1 aromatic carbocycles. The van der Waals surface area contributed by atoms with Crippen molar-refractivity contribution in [2.45, 2.75) is 19.9 Å². The fraction of sp³-hybridized carbons (Fsp3) is 0.364. The van der Waals surface area contributed by atoms with Gasteiger partial charge in [-0.1, -0.05) is 6.07 Å². The molecule has 0 aliphatic carbocycles. The van der Waals surface area contributed by atoms with Crippen molar-refractivity contribution in [3.05, 3.63) is 33.9 Å². The summed E-state index contributed by atoms with van der Waals surface area (Å²) >= 11 is 0. The number of nitro groups is 1. The zero-order chi connectivity index (χ0) is 13.0. The number of nitrogens with zero attached hydrogens (tertiary/aromatic N) is 1. The lowest BCUT2D eigenvalue weighted by Crippen LogP contribution is -2.30. The molecule has 0 atom stereocenters. The van der Waals surface area contributed by atoms with Crippen molar-refractivity contribution in [3.8, 4) is 5.75 Å². The van der Waals surface area contributed by atoms with E-state index in [1.54, 1.807) is 13.8 Å². The summed E-state index contributed by atoms with van der Waals surface area (Å²) in [6.45, 7) is 3.55. The van der Waals surface area contributed by atoms with Gasteiger partial charge < -0.3 is 10.1 Å². The van der Waals surface area contributed by atoms with Crippen LogP contribution >= 0.6 is 0 Å². The molecule has 0 aromatic heterocycles. The van der Waals surface area contributed by atoms with E-state index in [9.17, 15) is 14.9 Å². The van der Waals surface area contributed by atoms with E-state index in [-0.39, 0.29) is 23.0 Å². The lowest BCUT2D eigenvalue weighted by molar-refractivity contribution is -0.385. The Morgan fingerprint density at radius 3 is 2.59 bits per heavy atom. The minimum atomic E-state index is -0.599. The summed E-state index contributed by atoms with van der Waals surface area (Å²) in [6, 6.07) is 4.16. The second-order valence-electron chi connectivity index (χ2n) is 3.74. The quantitative estimate of drug-likeness (QED) is 0.639. The molecule has 1 aromatic rings. The summed E-state index contributed by atoms with van der Waals surface area (Å²) in [7, 11) is 1.37. The molecule has 0 radical (unpaired) electrons. The van der Waals surface area contributed by atoms with Crippen LogP contribution in [0.15, 0.2) is 18.2 Å². The first kappa shape index (κ1) is 13.0. The largest absolute Gasteiger partial charge is 0.496 e. The van der Waals surface area contributed by atoms with E-state index < -0.39 is 10.8 Å². The van der Waals surface area contributed by atoms with Gasteiger partial charge in [0.05, 0.1) is 12.0 Å². The zero-order valence-electron chi connectivity index (χ0n) is 9.89. The number of carbonyl (C=O) groups excluding carboxylic acids is 1. The summed E-state index contributed by atoms with van der Waals surface area (Å²) in [6.07, 6.45) is 0. The second kappa shape index (κ2) is 5.29. The molecule has 0 saturated heterocycles. The lowest BCUT2D eigenvalue weighted by Gasteiger charge is -2.11. The topological polar surface area (TPSA) is 81.5 Å². The van der Waals surface area contributed by atoms with Gasteiger partial charge in [0.2, 0.25) is 0 Å². The van der Waals surface area contributed by atoms with Gasteiger partial charge in [-0.2, -0.15) is 0 Å². The third kappa shape index (κ3) is 2.93. The highest BCUT2D eigenvalue weighted by atomic mass is 16.6. The Balaban J connectivity index is 3.26. The predicted octanol–water partition coefficient (Wildman–Crippen LogP) is 1.74. The van der Waals surface area contributed by atoms with Crippen LogP contribution in [0.2, 0.25) is 0 Å². The fourth-order valence-electron chi connectivity index (χ4n) is 1.40. The Kier molecular flexibility index (Phi) is 4.03. The first-order chi connectivity index (χ1) is 7.97. The molecule has 0 aliphatic rings. The highest BCUT2D eigenvalue weighted by molar-refractivity contribution is 6.01. The van der Waals surface area contributed by atoms with Gasteiger partial charge in [0.1, 0.15) is 5.75 Å². The van der Waals surface area contributed by atoms with E-state index in [2.05, 4.69) is 5.32 Å². The molecule has 6 nitrogen and oxygen atoms in total. The molecule has 1 N–H and O–H groups in total. The number of hydrogen-bond acceptors (Lipinski definition) is 4. The molecule has 0 aliphatic heterocycles. The van der Waals surface area contributed by atoms with Gasteiger partial charge >= 0.3 is 0 Å². The molecule has 1 amide bonds. The van der Waals surface area contributed by atoms with E-state index in [0.717, 1.165) is 0 Å². The van der Waals surface area contributed by atoms with Gasteiger partial charge in [-0.25, -0.2) is 0 Å². The first-order valence-electron chi connectivity index (χ1n) is 5.09. The standard InChI is InChI=1S/C11H14N2O4/c1-7(2)12-11(14)10-8(13(15)16)5-4-6-9(10)17-3/h4-7H,1-3H3,(H,12,14). The Hall–Kier alpha value is -2.11. The number of hydrogen-bond donors (Lipinski definition) is 1. The smallest absolute Gasteiger partial charge is 0.285 e. The molecule has 0 saturated carbocycles. The molecule has 0 heterocycles. The van der Waals surface area contributed by atoms with Crippen LogP contribution < -0.4 is 10.1 Å². The number of nitro benzene ring substituents is 1. The minimum Gasteiger partial charge on any atom is -0.496 e. The Morgan fingerprint density at radius 2 is 2.12 bits per heavy atom. The molecule has 17 heavy (non-hydrogen) atoms. The molecule has 1 rings (SSSR count). The van der Waals surface area contributed by atoms with Crippen molar-refractivity contribution in [1.82, 2.24) is 5.32 Å². The first-order valence-corrected chi connectivity index (χ1v) is 5.09. The van der Waals surface area contributed by atoms with Gasteiger partial charge in [0.25, 0.3) is 11.6 Å². The summed E-state index contributed by atoms with van der Waals surface area (Å²) < 4.78 is 4.97. The van der Waals surface area contributed by atoms with Gasteiger partial charge in [-0.05, 0) is 19.9 Å². The van der Waals surface area contributed by atoms with Crippen LogP contribution in [-0.2, 0) is 0 Å². The van der Waals surface area contributed by atoms with Gasteiger partial charge in [0.15, 0.2) is 5.56 Å². The fourth-order valence-corrected chi connectivity index (χ4v) is 1.40. The number of ether oxygens (including phenoxy) is 1. The van der Waals surface area contributed by atoms with Crippen molar-refractivity contribution in [2.24, 2.45) is 0 Å². The summed E-state index contributed by atoms with van der Waals surface area (Å²) in [4.78, 5) is 22.1. The van der Waals surface area contributed by atoms with Crippen LogP contribution in [-0.4, -0.2) is 24.0 Å². The number of methoxy groups -OCH3 is 1. The van der Waals surface area contributed by atoms with E-state index in [1.807, 2.05) is 0 Å². The predicted molar refractivity (Wildman–Crippen MR) is 62.3 cm³/mol. The monoisotopic (exact) mass is 238 g/mol. The third-order valence-corrected chi connectivity index (χ3v) is 2.07. The summed E-state index contributed by atoms with van der Waals surface area (Å²) in [5.74, 6) is -0.318. The molecular weight excluding hydrogens is 224 g/mol. The molecule has 6 heteroatoms. The second-order valence-corrected chi connectivity index (χ2v) is 3.74. The highest BCUT2D eigenvalue weighted by Gasteiger charge is 2.24. The van der Waals surface area contributed by atoms with Crippen LogP contribution in [0.3, 0.4) is 0 Å². The van der Waals surface area contributed by atoms with Gasteiger partial charge in [0, 0.05) is 12.1 Å². The maximum absolute atomic E-state index is 11.9. The average Bonchev–Trinajstić information content (AvgIpc) is 2.26. The maximum atomic E-state index is 11.9. The number of amides is 1. The van der Waals surface area contributed by atoms with Crippen LogP contribution in [0, 0.1) is 10.1 Å². The van der Waals surface area contributed by atoms with Crippen LogP contribution in [0.1, 0.15) is 24.2 Å². The maximum Gasteiger partial charge on any atom is 0.285 e. The van der Waals surface area contributed by atoms with Crippen molar-refractivity contribution < 1.29 is 14.5 Å². The summed E-state index contributed by atoms with van der Waals surface area (Å²) in [5, 5.41) is 13.5. The number of nitrogens with one attached hydrogen (secondary N) is 1. The number of benzene rings is 1. The van der Waals surface area contributed by atoms with E-state index in [0.29, 0.717) is 0 Å². The van der Waals surface area contributed by atoms with Crippen molar-refractivity contribution in [3.63, 3.8) is 0 Å². The van der Waals surface area contributed by atoms with Crippen LogP contribution in [0.25, 0.3) is 0 Å². The zero-order valence-corrected chi connectivity index (χ0v) is 9.89. The SMILES string of the molecule is COc1cccc([N+](=O)[O-])c1C(=O)NC(C)C. The number of rotatable bonds is 4. The van der Waals surface area contributed by atoms with Crippen LogP contribution in [0.4, 0.5) is 5.69 Å². The van der Waals surface area contributed by atoms with Crippen molar-refractivity contribution >= 4 is 11.6 Å². The normalized spacial score (nSPS) is 10.1. The highest BCUT2D eigenvalue weighted by Crippen LogP contribution is 2.27. The van der Waals surface area contributed by atoms with Gasteiger partial charge in [-0.3, -0.25) is 14.9 Å². The van der Waals surface area contributed by atoms with Gasteiger partial charge in [-0.15, -0.1) is 0 Å². The molecule has 0 spiro atoms. The average molecular weight is 238 g/mol. The van der Waals surface area contributed by atoms with E-state index in [4.69, 9.17) is 4.74 Å². The molecule has 0 bridgehead atoms. The third-order valence-electron chi connectivity index (χ3n) is 2.07. The molecule has 0 fully saturated rings. The lowest BCUT2D eigenvalue weighted by atomic mass is 10.1. The molecular formula is C11H14N2O4. The summed E-state index contributed by atoms with van der Waals surface area (Å²) in [5.41, 5.74) is -0.309. The Bertz CT molecular complexity index is 443. The van der Waals surface area contributed by atoms with E-state index in [1.165, 1.54) is 25.3 Å². The Labute approximate surface area is 98.7 Å². The van der Waals surface area contributed by atoms with E-state index >= 15 is 0 Å². The van der Waals surface area contributed by atoms with Crippen LogP contribution in [0.5, 0.6) is 5.75 Å².